The summed E-state index contributed by atoms with van der Waals surface area (Å²) in [5, 5.41) is 6.26. The Labute approximate surface area is 163 Å². The van der Waals surface area contributed by atoms with E-state index in [4.69, 9.17) is 14.2 Å². The first-order chi connectivity index (χ1) is 13.6. The first-order valence-electron chi connectivity index (χ1n) is 8.80. The Bertz CT molecular complexity index is 800. The molecule has 0 aliphatic rings. The van der Waals surface area contributed by atoms with Crippen molar-refractivity contribution in [1.29, 1.82) is 0 Å². The van der Waals surface area contributed by atoms with Gasteiger partial charge in [0, 0.05) is 19.7 Å². The van der Waals surface area contributed by atoms with Crippen molar-refractivity contribution in [3.05, 3.63) is 53.6 Å². The molecule has 2 aromatic rings. The van der Waals surface area contributed by atoms with Crippen molar-refractivity contribution in [3.63, 3.8) is 0 Å². The molecule has 0 heterocycles. The van der Waals surface area contributed by atoms with Crippen LogP contribution in [0.2, 0.25) is 0 Å². The second-order valence-corrected chi connectivity index (χ2v) is 5.79. The van der Waals surface area contributed by atoms with Gasteiger partial charge in [0.1, 0.15) is 12.4 Å². The predicted octanol–water partition coefficient (Wildman–Crippen LogP) is 2.77. The van der Waals surface area contributed by atoms with Crippen LogP contribution in [0.15, 0.2) is 41.4 Å². The average Bonchev–Trinajstić information content (AvgIpc) is 2.70. The summed E-state index contributed by atoms with van der Waals surface area (Å²) < 4.78 is 42.2. The van der Waals surface area contributed by atoms with E-state index in [9.17, 15) is 8.78 Å². The number of aliphatic imine (C=N–C) groups is 1. The van der Waals surface area contributed by atoms with Gasteiger partial charge in [-0.15, -0.1) is 0 Å². The van der Waals surface area contributed by atoms with Gasteiger partial charge in [-0.1, -0.05) is 6.07 Å². The number of nitrogens with one attached hydrogen (secondary N) is 2. The van der Waals surface area contributed by atoms with Gasteiger partial charge >= 0.3 is 0 Å². The van der Waals surface area contributed by atoms with Crippen LogP contribution in [0.5, 0.6) is 17.2 Å². The third kappa shape index (κ3) is 6.29. The van der Waals surface area contributed by atoms with Crippen LogP contribution in [0.25, 0.3) is 0 Å². The van der Waals surface area contributed by atoms with Gasteiger partial charge in [-0.05, 0) is 36.2 Å². The maximum absolute atomic E-state index is 13.5. The largest absolute Gasteiger partial charge is 0.493 e. The van der Waals surface area contributed by atoms with Crippen molar-refractivity contribution >= 4 is 5.96 Å². The fraction of sp³-hybridized carbons (Fsp3) is 0.350. The van der Waals surface area contributed by atoms with E-state index in [0.29, 0.717) is 30.5 Å². The molecule has 0 radical (unpaired) electrons. The molecule has 0 fully saturated rings. The Kier molecular flexibility index (Phi) is 8.33. The number of nitrogens with zero attached hydrogens (tertiary/aromatic N) is 1. The van der Waals surface area contributed by atoms with Gasteiger partial charge in [-0.3, -0.25) is 4.99 Å². The minimum Gasteiger partial charge on any atom is -0.493 e. The minimum atomic E-state index is -0.725. The SMILES string of the molecule is CN=C(NCCOc1ccc(F)cc1F)NCCc1ccc(OC)c(OC)c1. The smallest absolute Gasteiger partial charge is 0.191 e. The number of hydrogen-bond acceptors (Lipinski definition) is 4. The molecule has 152 valence electrons. The fourth-order valence-electron chi connectivity index (χ4n) is 2.50. The Morgan fingerprint density at radius 3 is 2.32 bits per heavy atom. The summed E-state index contributed by atoms with van der Waals surface area (Å²) in [4.78, 5) is 4.12. The number of rotatable bonds is 9. The molecular formula is C20H25F2N3O3. The molecule has 0 saturated heterocycles. The quantitative estimate of drug-likeness (QED) is 0.390. The van der Waals surface area contributed by atoms with Crippen molar-refractivity contribution in [2.75, 3.05) is 41.0 Å². The molecule has 6 nitrogen and oxygen atoms in total. The van der Waals surface area contributed by atoms with Crippen LogP contribution < -0.4 is 24.8 Å². The van der Waals surface area contributed by atoms with Gasteiger partial charge in [0.25, 0.3) is 0 Å². The second kappa shape index (κ2) is 11.0. The van der Waals surface area contributed by atoms with E-state index in [1.54, 1.807) is 21.3 Å². The van der Waals surface area contributed by atoms with Crippen LogP contribution in [-0.4, -0.2) is 46.9 Å². The van der Waals surface area contributed by atoms with Crippen molar-refractivity contribution in [2.24, 2.45) is 4.99 Å². The highest BCUT2D eigenvalue weighted by atomic mass is 19.1. The molecular weight excluding hydrogens is 368 g/mol. The predicted molar refractivity (Wildman–Crippen MR) is 104 cm³/mol. The van der Waals surface area contributed by atoms with E-state index in [-0.39, 0.29) is 12.4 Å². The van der Waals surface area contributed by atoms with Gasteiger partial charge in [0.05, 0.1) is 20.8 Å². The summed E-state index contributed by atoms with van der Waals surface area (Å²) in [5.41, 5.74) is 1.09. The summed E-state index contributed by atoms with van der Waals surface area (Å²) in [5.74, 6) is 0.629. The molecule has 0 aromatic heterocycles. The second-order valence-electron chi connectivity index (χ2n) is 5.79. The molecule has 0 unspecified atom stereocenters. The lowest BCUT2D eigenvalue weighted by atomic mass is 10.1. The first-order valence-corrected chi connectivity index (χ1v) is 8.80. The third-order valence-electron chi connectivity index (χ3n) is 3.92. The first kappa shape index (κ1) is 21.3. The molecule has 0 saturated carbocycles. The van der Waals surface area contributed by atoms with Gasteiger partial charge in [-0.25, -0.2) is 8.78 Å². The normalized spacial score (nSPS) is 11.1. The third-order valence-corrected chi connectivity index (χ3v) is 3.92. The number of hydrogen-bond donors (Lipinski definition) is 2. The molecule has 0 bridgehead atoms. The topological polar surface area (TPSA) is 64.1 Å². The van der Waals surface area contributed by atoms with Crippen molar-refractivity contribution < 1.29 is 23.0 Å². The van der Waals surface area contributed by atoms with Crippen LogP contribution in [0.3, 0.4) is 0 Å². The molecule has 0 atom stereocenters. The van der Waals surface area contributed by atoms with Crippen molar-refractivity contribution in [2.45, 2.75) is 6.42 Å². The fourth-order valence-corrected chi connectivity index (χ4v) is 2.50. The van der Waals surface area contributed by atoms with E-state index in [1.807, 2.05) is 18.2 Å². The lowest BCUT2D eigenvalue weighted by molar-refractivity contribution is 0.304. The highest BCUT2D eigenvalue weighted by Crippen LogP contribution is 2.27. The average molecular weight is 393 g/mol. The van der Waals surface area contributed by atoms with E-state index < -0.39 is 11.6 Å². The van der Waals surface area contributed by atoms with E-state index in [1.165, 1.54) is 6.07 Å². The summed E-state index contributed by atoms with van der Waals surface area (Å²) in [7, 11) is 4.86. The number of halogens is 2. The summed E-state index contributed by atoms with van der Waals surface area (Å²) in [6.07, 6.45) is 0.762. The molecule has 0 spiro atoms. The van der Waals surface area contributed by atoms with Crippen LogP contribution in [0.1, 0.15) is 5.56 Å². The van der Waals surface area contributed by atoms with Crippen LogP contribution >= 0.6 is 0 Å². The Balaban J connectivity index is 1.73. The molecule has 8 heteroatoms. The number of benzene rings is 2. The van der Waals surface area contributed by atoms with Gasteiger partial charge in [-0.2, -0.15) is 0 Å². The molecule has 2 aromatic carbocycles. The molecule has 2 N–H and O–H groups in total. The summed E-state index contributed by atoms with van der Waals surface area (Å²) in [6.45, 7) is 1.27. The Morgan fingerprint density at radius 1 is 0.929 bits per heavy atom. The molecule has 28 heavy (non-hydrogen) atoms. The van der Waals surface area contributed by atoms with Gasteiger partial charge in [0.2, 0.25) is 0 Å². The van der Waals surface area contributed by atoms with Gasteiger partial charge in [0.15, 0.2) is 29.0 Å². The van der Waals surface area contributed by atoms with Crippen LogP contribution in [0.4, 0.5) is 8.78 Å². The maximum Gasteiger partial charge on any atom is 0.191 e. The lowest BCUT2D eigenvalue weighted by Crippen LogP contribution is -2.40. The Hall–Kier alpha value is -3.03. The monoisotopic (exact) mass is 393 g/mol. The maximum atomic E-state index is 13.5. The van der Waals surface area contributed by atoms with Gasteiger partial charge < -0.3 is 24.8 Å². The molecule has 0 aliphatic heterocycles. The van der Waals surface area contributed by atoms with Crippen LogP contribution in [0, 0.1) is 11.6 Å². The van der Waals surface area contributed by atoms with E-state index >= 15 is 0 Å². The standard InChI is InChI=1S/C20H25F2N3O3/c1-23-20(25-10-11-28-17-7-5-15(21)13-16(17)22)24-9-8-14-4-6-18(26-2)19(12-14)27-3/h4-7,12-13H,8-11H2,1-3H3,(H2,23,24,25). The zero-order valence-electron chi connectivity index (χ0n) is 16.2. The zero-order chi connectivity index (χ0) is 20.4. The van der Waals surface area contributed by atoms with E-state index in [0.717, 1.165) is 24.1 Å². The number of guanidine groups is 1. The van der Waals surface area contributed by atoms with Crippen molar-refractivity contribution in [3.8, 4) is 17.2 Å². The van der Waals surface area contributed by atoms with Crippen molar-refractivity contribution in [1.82, 2.24) is 10.6 Å². The highest BCUT2D eigenvalue weighted by Gasteiger charge is 2.06. The number of ether oxygens (including phenoxy) is 3. The molecule has 2 rings (SSSR count). The zero-order valence-corrected chi connectivity index (χ0v) is 16.2. The summed E-state index contributed by atoms with van der Waals surface area (Å²) in [6, 6.07) is 8.98. The number of methoxy groups -OCH3 is 2. The Morgan fingerprint density at radius 2 is 1.64 bits per heavy atom. The minimum absolute atomic E-state index is 0.0135. The molecule has 0 aliphatic carbocycles. The summed E-state index contributed by atoms with van der Waals surface area (Å²) >= 11 is 0. The van der Waals surface area contributed by atoms with Crippen LogP contribution in [-0.2, 0) is 6.42 Å². The highest BCUT2D eigenvalue weighted by molar-refractivity contribution is 5.79. The lowest BCUT2D eigenvalue weighted by Gasteiger charge is -2.13. The molecule has 0 amide bonds. The van der Waals surface area contributed by atoms with E-state index in [2.05, 4.69) is 15.6 Å².